The quantitative estimate of drug-likeness (QED) is 0.282. The summed E-state index contributed by atoms with van der Waals surface area (Å²) in [5.41, 5.74) is 2.96. The summed E-state index contributed by atoms with van der Waals surface area (Å²) in [7, 11) is 0. The molecule has 5 nitrogen and oxygen atoms in total. The van der Waals surface area contributed by atoms with E-state index in [2.05, 4.69) is 10.3 Å². The molecule has 0 atom stereocenters. The maximum Gasteiger partial charge on any atom is 0.233 e. The lowest BCUT2D eigenvalue weighted by Crippen LogP contribution is -2.11. The molecule has 0 fully saturated rings. The summed E-state index contributed by atoms with van der Waals surface area (Å²) in [5, 5.41) is 14.3. The summed E-state index contributed by atoms with van der Waals surface area (Å²) in [4.78, 5) is 17.0. The first-order chi connectivity index (χ1) is 16.0. The van der Waals surface area contributed by atoms with E-state index in [0.29, 0.717) is 33.3 Å². The molecular weight excluding hydrogens is 459 g/mol. The van der Waals surface area contributed by atoms with Gasteiger partial charge in [0.15, 0.2) is 0 Å². The number of aromatic hydroxyl groups is 1. The zero-order valence-corrected chi connectivity index (χ0v) is 19.5. The second kappa shape index (κ2) is 10.1. The van der Waals surface area contributed by atoms with Crippen molar-refractivity contribution in [1.29, 1.82) is 0 Å². The van der Waals surface area contributed by atoms with E-state index < -0.39 is 0 Å². The summed E-state index contributed by atoms with van der Waals surface area (Å²) in [6, 6.07) is 20.1. The van der Waals surface area contributed by atoms with Crippen LogP contribution < -0.4 is 5.32 Å². The van der Waals surface area contributed by atoms with Gasteiger partial charge in [-0.25, -0.2) is 4.98 Å². The minimum Gasteiger partial charge on any atom is -0.507 e. The number of benzene rings is 3. The highest BCUT2D eigenvalue weighted by Crippen LogP contribution is 2.42. The molecule has 3 aromatic carbocycles. The molecule has 33 heavy (non-hydrogen) atoms. The van der Waals surface area contributed by atoms with Gasteiger partial charge in [-0.2, -0.15) is 0 Å². The number of phenols is 1. The first kappa shape index (κ1) is 22.9. The number of rotatable bonds is 7. The molecule has 4 aromatic rings. The number of nitrogens with one attached hydrogen (secondary N) is 1. The minimum atomic E-state index is -0.201. The molecule has 0 bridgehead atoms. The van der Waals surface area contributed by atoms with Crippen LogP contribution in [0.15, 0.2) is 71.1 Å². The molecule has 4 rings (SSSR count). The smallest absolute Gasteiger partial charge is 0.233 e. The molecule has 0 unspecified atom stereocenters. The standard InChI is InChI=1S/C26H22Cl2N2O3/c1-2-3-12-22(32)29-26-24(23-19(27)10-7-11-20(23)28)30-25(33-26)18-14-13-17(15-21(18)31)16-8-5-4-6-9-16/h4-11,13-15,31H,2-3,12H2,1H3,(H,29,32). The summed E-state index contributed by atoms with van der Waals surface area (Å²) >= 11 is 12.8. The van der Waals surface area contributed by atoms with Gasteiger partial charge in [0.1, 0.15) is 11.4 Å². The summed E-state index contributed by atoms with van der Waals surface area (Å²) < 4.78 is 5.92. The van der Waals surface area contributed by atoms with Crippen LogP contribution in [-0.2, 0) is 4.79 Å². The lowest BCUT2D eigenvalue weighted by Gasteiger charge is -2.06. The predicted octanol–water partition coefficient (Wildman–Crippen LogP) is 7.82. The van der Waals surface area contributed by atoms with E-state index in [1.807, 2.05) is 43.3 Å². The van der Waals surface area contributed by atoms with Crippen molar-refractivity contribution in [1.82, 2.24) is 4.98 Å². The fourth-order valence-electron chi connectivity index (χ4n) is 3.46. The van der Waals surface area contributed by atoms with E-state index in [-0.39, 0.29) is 23.4 Å². The van der Waals surface area contributed by atoms with Gasteiger partial charge >= 0.3 is 0 Å². The van der Waals surface area contributed by atoms with Crippen molar-refractivity contribution in [3.05, 3.63) is 76.8 Å². The summed E-state index contributed by atoms with van der Waals surface area (Å²) in [5.74, 6) is 0.0717. The zero-order valence-electron chi connectivity index (χ0n) is 17.9. The fraction of sp³-hybridized carbons (Fsp3) is 0.154. The highest BCUT2D eigenvalue weighted by Gasteiger charge is 2.23. The number of phenolic OH excluding ortho intramolecular Hbond substituents is 1. The number of anilines is 1. The van der Waals surface area contributed by atoms with Crippen LogP contribution in [0.2, 0.25) is 10.0 Å². The second-order valence-electron chi connectivity index (χ2n) is 7.54. The van der Waals surface area contributed by atoms with E-state index in [1.54, 1.807) is 30.3 Å². The van der Waals surface area contributed by atoms with Crippen molar-refractivity contribution < 1.29 is 14.3 Å². The van der Waals surface area contributed by atoms with E-state index >= 15 is 0 Å². The van der Waals surface area contributed by atoms with Crippen molar-refractivity contribution >= 4 is 35.0 Å². The molecule has 0 aliphatic rings. The normalized spacial score (nSPS) is 10.9. The highest BCUT2D eigenvalue weighted by atomic mass is 35.5. The van der Waals surface area contributed by atoms with Crippen molar-refractivity contribution in [2.75, 3.05) is 5.32 Å². The van der Waals surface area contributed by atoms with Gasteiger partial charge in [-0.3, -0.25) is 10.1 Å². The average Bonchev–Trinajstić information content (AvgIpc) is 3.20. The molecule has 0 radical (unpaired) electrons. The van der Waals surface area contributed by atoms with Gasteiger partial charge in [-0.05, 0) is 41.8 Å². The van der Waals surface area contributed by atoms with E-state index in [4.69, 9.17) is 27.6 Å². The van der Waals surface area contributed by atoms with Crippen LogP contribution in [0.25, 0.3) is 33.8 Å². The Bertz CT molecular complexity index is 1270. The molecule has 1 aromatic heterocycles. The van der Waals surface area contributed by atoms with Gasteiger partial charge in [0.25, 0.3) is 0 Å². The lowest BCUT2D eigenvalue weighted by molar-refractivity contribution is -0.116. The van der Waals surface area contributed by atoms with E-state index in [1.165, 1.54) is 0 Å². The molecule has 0 spiro atoms. The van der Waals surface area contributed by atoms with Crippen LogP contribution in [0.5, 0.6) is 5.75 Å². The fourth-order valence-corrected chi connectivity index (χ4v) is 4.04. The van der Waals surface area contributed by atoms with E-state index in [9.17, 15) is 9.90 Å². The minimum absolute atomic E-state index is 0.00160. The number of hydrogen-bond donors (Lipinski definition) is 2. The largest absolute Gasteiger partial charge is 0.507 e. The highest BCUT2D eigenvalue weighted by molar-refractivity contribution is 6.39. The molecule has 1 amide bonds. The Morgan fingerprint density at radius 3 is 2.39 bits per heavy atom. The Balaban J connectivity index is 1.77. The van der Waals surface area contributed by atoms with Crippen LogP contribution >= 0.6 is 23.2 Å². The molecule has 0 aliphatic carbocycles. The summed E-state index contributed by atoms with van der Waals surface area (Å²) in [6.45, 7) is 2.01. The van der Waals surface area contributed by atoms with Crippen LogP contribution in [-0.4, -0.2) is 16.0 Å². The van der Waals surface area contributed by atoms with Crippen LogP contribution in [0, 0.1) is 0 Å². The Labute approximate surface area is 202 Å². The molecule has 7 heteroatoms. The van der Waals surface area contributed by atoms with Gasteiger partial charge in [0.2, 0.25) is 17.7 Å². The van der Waals surface area contributed by atoms with Gasteiger partial charge in [0.05, 0.1) is 15.6 Å². The van der Waals surface area contributed by atoms with Crippen LogP contribution in [0.1, 0.15) is 26.2 Å². The first-order valence-corrected chi connectivity index (χ1v) is 11.4. The number of amides is 1. The third-order valence-corrected chi connectivity index (χ3v) is 5.80. The van der Waals surface area contributed by atoms with Gasteiger partial charge in [0, 0.05) is 12.0 Å². The van der Waals surface area contributed by atoms with Crippen LogP contribution in [0.4, 0.5) is 5.88 Å². The monoisotopic (exact) mass is 480 g/mol. The Hall–Kier alpha value is -3.28. The second-order valence-corrected chi connectivity index (χ2v) is 8.36. The number of nitrogens with zero attached hydrogens (tertiary/aromatic N) is 1. The molecule has 168 valence electrons. The maximum atomic E-state index is 12.4. The number of oxazole rings is 1. The lowest BCUT2D eigenvalue weighted by atomic mass is 10.0. The van der Waals surface area contributed by atoms with Gasteiger partial charge < -0.3 is 9.52 Å². The van der Waals surface area contributed by atoms with Crippen molar-refractivity contribution in [2.45, 2.75) is 26.2 Å². The molecular formula is C26H22Cl2N2O3. The van der Waals surface area contributed by atoms with Crippen molar-refractivity contribution in [2.24, 2.45) is 0 Å². The van der Waals surface area contributed by atoms with Gasteiger partial charge in [-0.15, -0.1) is 0 Å². The zero-order chi connectivity index (χ0) is 23.4. The van der Waals surface area contributed by atoms with Gasteiger partial charge in [-0.1, -0.05) is 79.0 Å². The molecule has 0 saturated heterocycles. The Kier molecular flexibility index (Phi) is 7.02. The molecule has 1 heterocycles. The number of aromatic nitrogens is 1. The summed E-state index contributed by atoms with van der Waals surface area (Å²) in [6.07, 6.45) is 1.98. The van der Waals surface area contributed by atoms with Crippen LogP contribution in [0.3, 0.4) is 0 Å². The Morgan fingerprint density at radius 2 is 1.73 bits per heavy atom. The first-order valence-electron chi connectivity index (χ1n) is 10.6. The van der Waals surface area contributed by atoms with Crippen molar-refractivity contribution in [3.63, 3.8) is 0 Å². The average molecular weight is 481 g/mol. The third kappa shape index (κ3) is 5.05. The topological polar surface area (TPSA) is 75.4 Å². The SMILES string of the molecule is CCCCC(=O)Nc1oc(-c2ccc(-c3ccccc3)cc2O)nc1-c1c(Cl)cccc1Cl. The maximum absolute atomic E-state index is 12.4. The number of carbonyl (C=O) groups excluding carboxylic acids is 1. The number of hydrogen-bond acceptors (Lipinski definition) is 4. The van der Waals surface area contributed by atoms with Crippen molar-refractivity contribution in [3.8, 4) is 39.6 Å². The molecule has 0 saturated carbocycles. The molecule has 0 aliphatic heterocycles. The third-order valence-electron chi connectivity index (χ3n) is 5.17. The predicted molar refractivity (Wildman–Crippen MR) is 133 cm³/mol. The van der Waals surface area contributed by atoms with E-state index in [0.717, 1.165) is 24.0 Å². The number of halogens is 2. The molecule has 2 N–H and O–H groups in total. The number of unbranched alkanes of at least 4 members (excludes halogenated alkanes) is 1. The Morgan fingerprint density at radius 1 is 1.00 bits per heavy atom. The number of carbonyl (C=O) groups is 1.